The minimum atomic E-state index is -0.311. The highest BCUT2D eigenvalue weighted by atomic mass is 32.2. The lowest BCUT2D eigenvalue weighted by Crippen LogP contribution is -2.27. The molecule has 1 fully saturated rings. The molecule has 0 aromatic heterocycles. The standard InChI is InChI=1S/C28H27NO4S/c1-28(2,3)21-11-15-24(16-12-21)33-18-17-32-23-13-9-20(10-14-23)19-25-26(30)29(27(31)34-25)22-7-5-4-6-8-22/h4-16,19H,17-18H2,1-3H3/b25-19+. The molecule has 0 atom stereocenters. The Kier molecular flexibility index (Phi) is 7.08. The van der Waals surface area contributed by atoms with E-state index in [1.807, 2.05) is 42.5 Å². The van der Waals surface area contributed by atoms with Crippen molar-refractivity contribution in [2.75, 3.05) is 18.1 Å². The summed E-state index contributed by atoms with van der Waals surface area (Å²) >= 11 is 0.943. The number of carbonyl (C=O) groups is 2. The van der Waals surface area contributed by atoms with E-state index < -0.39 is 0 Å². The second-order valence-electron chi connectivity index (χ2n) is 8.89. The number of hydrogen-bond acceptors (Lipinski definition) is 5. The molecule has 3 aromatic rings. The van der Waals surface area contributed by atoms with Gasteiger partial charge >= 0.3 is 0 Å². The molecule has 1 heterocycles. The van der Waals surface area contributed by atoms with Crippen LogP contribution in [0.1, 0.15) is 31.9 Å². The highest BCUT2D eigenvalue weighted by Crippen LogP contribution is 2.35. The smallest absolute Gasteiger partial charge is 0.298 e. The molecule has 1 aliphatic heterocycles. The van der Waals surface area contributed by atoms with Crippen LogP contribution in [0.15, 0.2) is 83.8 Å². The van der Waals surface area contributed by atoms with E-state index in [1.165, 1.54) is 10.5 Å². The van der Waals surface area contributed by atoms with Gasteiger partial charge in [0.1, 0.15) is 24.7 Å². The number of rotatable bonds is 7. The Morgan fingerprint density at radius 3 is 1.91 bits per heavy atom. The first kappa shape index (κ1) is 23.6. The fourth-order valence-corrected chi connectivity index (χ4v) is 4.29. The highest BCUT2D eigenvalue weighted by Gasteiger charge is 2.36. The fraction of sp³-hybridized carbons (Fsp3) is 0.214. The van der Waals surface area contributed by atoms with Gasteiger partial charge in [-0.15, -0.1) is 0 Å². The summed E-state index contributed by atoms with van der Waals surface area (Å²) in [6, 6.07) is 24.5. The van der Waals surface area contributed by atoms with Gasteiger partial charge in [0.15, 0.2) is 0 Å². The van der Waals surface area contributed by atoms with E-state index in [2.05, 4.69) is 32.9 Å². The molecule has 3 aromatic carbocycles. The molecule has 1 aliphatic rings. The molecule has 5 nitrogen and oxygen atoms in total. The average Bonchev–Trinajstić information content (AvgIpc) is 3.10. The van der Waals surface area contributed by atoms with E-state index in [9.17, 15) is 9.59 Å². The van der Waals surface area contributed by atoms with E-state index in [0.29, 0.717) is 29.6 Å². The molecule has 0 N–H and O–H groups in total. The van der Waals surface area contributed by atoms with Gasteiger partial charge in [-0.1, -0.05) is 63.2 Å². The maximum absolute atomic E-state index is 12.7. The number of para-hydroxylation sites is 1. The van der Waals surface area contributed by atoms with Crippen molar-refractivity contribution < 1.29 is 19.1 Å². The first-order valence-corrected chi connectivity index (χ1v) is 11.9. The van der Waals surface area contributed by atoms with E-state index in [1.54, 1.807) is 30.3 Å². The van der Waals surface area contributed by atoms with Crippen LogP contribution in [-0.4, -0.2) is 24.4 Å². The zero-order chi connectivity index (χ0) is 24.1. The normalized spacial score (nSPS) is 15.1. The van der Waals surface area contributed by atoms with Crippen molar-refractivity contribution in [2.45, 2.75) is 26.2 Å². The molecule has 1 saturated heterocycles. The van der Waals surface area contributed by atoms with Gasteiger partial charge in [-0.3, -0.25) is 9.59 Å². The number of nitrogens with zero attached hydrogens (tertiary/aromatic N) is 1. The maximum atomic E-state index is 12.7. The number of hydrogen-bond donors (Lipinski definition) is 0. The molecular formula is C28H27NO4S. The van der Waals surface area contributed by atoms with Crippen LogP contribution in [0.3, 0.4) is 0 Å². The van der Waals surface area contributed by atoms with Crippen molar-refractivity contribution in [3.8, 4) is 11.5 Å². The SMILES string of the molecule is CC(C)(C)c1ccc(OCCOc2ccc(/C=C3/SC(=O)N(c4ccccc4)C3=O)cc2)cc1. The number of imide groups is 1. The maximum Gasteiger partial charge on any atom is 0.298 e. The summed E-state index contributed by atoms with van der Waals surface area (Å²) in [5.41, 5.74) is 2.77. The van der Waals surface area contributed by atoms with Crippen LogP contribution in [0.5, 0.6) is 11.5 Å². The summed E-state index contributed by atoms with van der Waals surface area (Å²) in [7, 11) is 0. The predicted molar refractivity (Wildman–Crippen MR) is 137 cm³/mol. The van der Waals surface area contributed by atoms with E-state index in [0.717, 1.165) is 23.1 Å². The zero-order valence-electron chi connectivity index (χ0n) is 19.5. The van der Waals surface area contributed by atoms with Crippen molar-refractivity contribution in [3.05, 3.63) is 94.9 Å². The Morgan fingerprint density at radius 2 is 1.35 bits per heavy atom. The van der Waals surface area contributed by atoms with Gasteiger partial charge in [-0.2, -0.15) is 0 Å². The van der Waals surface area contributed by atoms with Gasteiger partial charge in [0, 0.05) is 0 Å². The first-order chi connectivity index (χ1) is 16.3. The van der Waals surface area contributed by atoms with Crippen molar-refractivity contribution in [1.82, 2.24) is 0 Å². The van der Waals surface area contributed by atoms with Gasteiger partial charge in [0.05, 0.1) is 10.6 Å². The second-order valence-corrected chi connectivity index (χ2v) is 9.89. The Morgan fingerprint density at radius 1 is 0.794 bits per heavy atom. The molecule has 0 bridgehead atoms. The quantitative estimate of drug-likeness (QED) is 0.283. The van der Waals surface area contributed by atoms with Crippen LogP contribution in [0.2, 0.25) is 0 Å². The number of anilines is 1. The van der Waals surface area contributed by atoms with Crippen molar-refractivity contribution in [2.24, 2.45) is 0 Å². The Bertz CT molecular complexity index is 1180. The van der Waals surface area contributed by atoms with Crippen LogP contribution < -0.4 is 14.4 Å². The molecule has 2 amide bonds. The summed E-state index contributed by atoms with van der Waals surface area (Å²) in [4.78, 5) is 26.7. The number of thioether (sulfide) groups is 1. The fourth-order valence-electron chi connectivity index (χ4n) is 3.45. The second kappa shape index (κ2) is 10.2. The molecule has 0 spiro atoms. The topological polar surface area (TPSA) is 55.8 Å². The van der Waals surface area contributed by atoms with Crippen molar-refractivity contribution >= 4 is 34.7 Å². The van der Waals surface area contributed by atoms with Crippen molar-refractivity contribution in [1.29, 1.82) is 0 Å². The Balaban J connectivity index is 1.29. The Labute approximate surface area is 204 Å². The third-order valence-corrected chi connectivity index (χ3v) is 6.20. The average molecular weight is 474 g/mol. The van der Waals surface area contributed by atoms with Gasteiger partial charge in [0.25, 0.3) is 11.1 Å². The summed E-state index contributed by atoms with van der Waals surface area (Å²) in [6.45, 7) is 7.39. The minimum Gasteiger partial charge on any atom is -0.490 e. The summed E-state index contributed by atoms with van der Waals surface area (Å²) in [6.07, 6.45) is 1.72. The molecule has 0 unspecified atom stereocenters. The van der Waals surface area contributed by atoms with Crippen LogP contribution >= 0.6 is 11.8 Å². The first-order valence-electron chi connectivity index (χ1n) is 11.1. The Hall–Kier alpha value is -3.51. The summed E-state index contributed by atoms with van der Waals surface area (Å²) in [5, 5.41) is -0.296. The molecule has 34 heavy (non-hydrogen) atoms. The van der Waals surface area contributed by atoms with Gasteiger partial charge in [-0.25, -0.2) is 4.90 Å². The van der Waals surface area contributed by atoms with Gasteiger partial charge in [-0.05, 0) is 70.8 Å². The molecular weight excluding hydrogens is 446 g/mol. The van der Waals surface area contributed by atoms with Gasteiger partial charge < -0.3 is 9.47 Å². The van der Waals surface area contributed by atoms with Crippen LogP contribution in [-0.2, 0) is 10.2 Å². The van der Waals surface area contributed by atoms with Gasteiger partial charge in [0.2, 0.25) is 0 Å². The van der Waals surface area contributed by atoms with Crippen LogP contribution in [0.4, 0.5) is 10.5 Å². The largest absolute Gasteiger partial charge is 0.490 e. The monoisotopic (exact) mass is 473 g/mol. The number of amides is 2. The zero-order valence-corrected chi connectivity index (χ0v) is 20.3. The minimum absolute atomic E-state index is 0.115. The molecule has 4 rings (SSSR count). The molecule has 0 radical (unpaired) electrons. The third-order valence-electron chi connectivity index (χ3n) is 5.33. The summed E-state index contributed by atoms with van der Waals surface area (Å²) in [5.74, 6) is 1.21. The lowest BCUT2D eigenvalue weighted by atomic mass is 9.87. The van der Waals surface area contributed by atoms with E-state index >= 15 is 0 Å². The van der Waals surface area contributed by atoms with Crippen LogP contribution in [0, 0.1) is 0 Å². The van der Waals surface area contributed by atoms with Crippen molar-refractivity contribution in [3.63, 3.8) is 0 Å². The third kappa shape index (κ3) is 5.69. The lowest BCUT2D eigenvalue weighted by molar-refractivity contribution is -0.113. The highest BCUT2D eigenvalue weighted by molar-refractivity contribution is 8.19. The van der Waals surface area contributed by atoms with E-state index in [4.69, 9.17) is 9.47 Å². The molecule has 0 saturated carbocycles. The summed E-state index contributed by atoms with van der Waals surface area (Å²) < 4.78 is 11.5. The van der Waals surface area contributed by atoms with Crippen LogP contribution in [0.25, 0.3) is 6.08 Å². The number of ether oxygens (including phenoxy) is 2. The predicted octanol–water partition coefficient (Wildman–Crippen LogP) is 6.68. The number of carbonyl (C=O) groups excluding carboxylic acids is 2. The molecule has 174 valence electrons. The number of benzene rings is 3. The molecule has 0 aliphatic carbocycles. The lowest BCUT2D eigenvalue weighted by Gasteiger charge is -2.19. The molecule has 6 heteroatoms. The van der Waals surface area contributed by atoms with E-state index in [-0.39, 0.29) is 16.6 Å².